The highest BCUT2D eigenvalue weighted by Gasteiger charge is 2.04. The number of nitrogens with one attached hydrogen (secondary N) is 1. The van der Waals surface area contributed by atoms with E-state index < -0.39 is 0 Å². The molecule has 0 atom stereocenters. The SMILES string of the molecule is CCc1cccnc1CNCc1cccc(C)c1O. The molecule has 3 heteroatoms. The van der Waals surface area contributed by atoms with E-state index in [1.165, 1.54) is 5.56 Å². The molecule has 0 radical (unpaired) electrons. The standard InChI is InChI=1S/C16H20N2O/c1-3-13-8-5-9-18-15(13)11-17-10-14-7-4-6-12(2)16(14)19/h4-9,17,19H,3,10-11H2,1-2H3. The first-order chi connectivity index (χ1) is 9.22. The van der Waals surface area contributed by atoms with E-state index in [0.29, 0.717) is 12.3 Å². The molecule has 2 rings (SSSR count). The van der Waals surface area contributed by atoms with Gasteiger partial charge in [0.2, 0.25) is 0 Å². The number of aromatic hydroxyl groups is 1. The highest BCUT2D eigenvalue weighted by atomic mass is 16.3. The summed E-state index contributed by atoms with van der Waals surface area (Å²) < 4.78 is 0. The van der Waals surface area contributed by atoms with Gasteiger partial charge in [-0.2, -0.15) is 0 Å². The van der Waals surface area contributed by atoms with Crippen molar-refractivity contribution in [2.45, 2.75) is 33.4 Å². The van der Waals surface area contributed by atoms with Gasteiger partial charge in [0.05, 0.1) is 5.69 Å². The molecule has 0 spiro atoms. The van der Waals surface area contributed by atoms with Gasteiger partial charge in [-0.3, -0.25) is 4.98 Å². The van der Waals surface area contributed by atoms with Gasteiger partial charge in [0.25, 0.3) is 0 Å². The first-order valence-corrected chi connectivity index (χ1v) is 6.63. The molecule has 1 heterocycles. The van der Waals surface area contributed by atoms with E-state index in [2.05, 4.69) is 23.3 Å². The van der Waals surface area contributed by atoms with Gasteiger partial charge in [-0.15, -0.1) is 0 Å². The molecule has 0 saturated carbocycles. The normalized spacial score (nSPS) is 10.6. The summed E-state index contributed by atoms with van der Waals surface area (Å²) >= 11 is 0. The van der Waals surface area contributed by atoms with Crippen molar-refractivity contribution in [3.05, 3.63) is 58.9 Å². The van der Waals surface area contributed by atoms with Gasteiger partial charge in [-0.1, -0.05) is 31.2 Å². The van der Waals surface area contributed by atoms with Gasteiger partial charge < -0.3 is 10.4 Å². The van der Waals surface area contributed by atoms with Crippen molar-refractivity contribution in [2.24, 2.45) is 0 Å². The Hall–Kier alpha value is -1.87. The van der Waals surface area contributed by atoms with E-state index in [1.54, 1.807) is 0 Å². The molecule has 19 heavy (non-hydrogen) atoms. The topological polar surface area (TPSA) is 45.2 Å². The number of aryl methyl sites for hydroxylation is 2. The van der Waals surface area contributed by atoms with Crippen LogP contribution < -0.4 is 5.32 Å². The third kappa shape index (κ3) is 3.32. The fraction of sp³-hybridized carbons (Fsp3) is 0.312. The lowest BCUT2D eigenvalue weighted by molar-refractivity contribution is 0.460. The van der Waals surface area contributed by atoms with Gasteiger partial charge in [-0.05, 0) is 30.5 Å². The largest absolute Gasteiger partial charge is 0.507 e. The maximum Gasteiger partial charge on any atom is 0.122 e. The minimum atomic E-state index is 0.381. The van der Waals surface area contributed by atoms with Crippen LogP contribution in [0.25, 0.3) is 0 Å². The number of phenolic OH excluding ortho intramolecular Hbond substituents is 1. The van der Waals surface area contributed by atoms with Crippen LogP contribution in [0.5, 0.6) is 5.75 Å². The molecule has 2 N–H and O–H groups in total. The van der Waals surface area contributed by atoms with Crippen molar-refractivity contribution in [1.29, 1.82) is 0 Å². The summed E-state index contributed by atoms with van der Waals surface area (Å²) in [5.74, 6) is 0.381. The van der Waals surface area contributed by atoms with Crippen LogP contribution in [-0.4, -0.2) is 10.1 Å². The molecule has 100 valence electrons. The molecule has 0 unspecified atom stereocenters. The molecular weight excluding hydrogens is 236 g/mol. The summed E-state index contributed by atoms with van der Waals surface area (Å²) in [5, 5.41) is 13.3. The lowest BCUT2D eigenvalue weighted by atomic mass is 10.1. The Morgan fingerprint density at radius 1 is 1.11 bits per heavy atom. The summed E-state index contributed by atoms with van der Waals surface area (Å²) in [4.78, 5) is 4.40. The van der Waals surface area contributed by atoms with Gasteiger partial charge in [0, 0.05) is 24.8 Å². The van der Waals surface area contributed by atoms with E-state index in [0.717, 1.165) is 29.8 Å². The molecule has 0 fully saturated rings. The highest BCUT2D eigenvalue weighted by Crippen LogP contribution is 2.21. The fourth-order valence-corrected chi connectivity index (χ4v) is 2.13. The van der Waals surface area contributed by atoms with Crippen LogP contribution in [0.15, 0.2) is 36.5 Å². The minimum absolute atomic E-state index is 0.381. The van der Waals surface area contributed by atoms with Crippen LogP contribution >= 0.6 is 0 Å². The van der Waals surface area contributed by atoms with Crippen molar-refractivity contribution >= 4 is 0 Å². The molecule has 0 amide bonds. The van der Waals surface area contributed by atoms with E-state index in [-0.39, 0.29) is 0 Å². The minimum Gasteiger partial charge on any atom is -0.507 e. The van der Waals surface area contributed by atoms with Crippen LogP contribution in [0.4, 0.5) is 0 Å². The molecule has 0 bridgehead atoms. The second-order valence-corrected chi connectivity index (χ2v) is 4.65. The third-order valence-corrected chi connectivity index (χ3v) is 3.29. The molecule has 0 aliphatic rings. The first-order valence-electron chi connectivity index (χ1n) is 6.63. The maximum atomic E-state index is 9.94. The summed E-state index contributed by atoms with van der Waals surface area (Å²) in [6.07, 6.45) is 2.81. The van der Waals surface area contributed by atoms with Crippen LogP contribution in [-0.2, 0) is 19.5 Å². The number of rotatable bonds is 5. The summed E-state index contributed by atoms with van der Waals surface area (Å²) in [5.41, 5.74) is 4.18. The number of phenols is 1. The van der Waals surface area contributed by atoms with Crippen molar-refractivity contribution in [3.8, 4) is 5.75 Å². The first kappa shape index (κ1) is 13.6. The zero-order valence-corrected chi connectivity index (χ0v) is 11.5. The number of aromatic nitrogens is 1. The lowest BCUT2D eigenvalue weighted by Crippen LogP contribution is -2.15. The second kappa shape index (κ2) is 6.34. The lowest BCUT2D eigenvalue weighted by Gasteiger charge is -2.10. The summed E-state index contributed by atoms with van der Waals surface area (Å²) in [6.45, 7) is 5.41. The van der Waals surface area contributed by atoms with E-state index in [4.69, 9.17) is 0 Å². The Morgan fingerprint density at radius 3 is 2.68 bits per heavy atom. The second-order valence-electron chi connectivity index (χ2n) is 4.65. The molecule has 0 aliphatic heterocycles. The Morgan fingerprint density at radius 2 is 1.89 bits per heavy atom. The summed E-state index contributed by atoms with van der Waals surface area (Å²) in [6, 6.07) is 9.88. The highest BCUT2D eigenvalue weighted by molar-refractivity contribution is 5.39. The molecule has 2 aromatic rings. The Kier molecular flexibility index (Phi) is 4.53. The quantitative estimate of drug-likeness (QED) is 0.864. The smallest absolute Gasteiger partial charge is 0.122 e. The summed E-state index contributed by atoms with van der Waals surface area (Å²) in [7, 11) is 0. The van der Waals surface area contributed by atoms with Crippen molar-refractivity contribution in [2.75, 3.05) is 0 Å². The van der Waals surface area contributed by atoms with E-state index in [9.17, 15) is 5.11 Å². The van der Waals surface area contributed by atoms with Gasteiger partial charge in [0.15, 0.2) is 0 Å². The molecule has 0 saturated heterocycles. The Labute approximate surface area is 114 Å². The van der Waals surface area contributed by atoms with Crippen LogP contribution in [0, 0.1) is 6.92 Å². The van der Waals surface area contributed by atoms with E-state index in [1.807, 2.05) is 37.4 Å². The number of hydrogen-bond donors (Lipinski definition) is 2. The monoisotopic (exact) mass is 256 g/mol. The average molecular weight is 256 g/mol. The molecule has 3 nitrogen and oxygen atoms in total. The number of pyridine rings is 1. The van der Waals surface area contributed by atoms with Gasteiger partial charge >= 0.3 is 0 Å². The number of benzene rings is 1. The van der Waals surface area contributed by atoms with Gasteiger partial charge in [-0.25, -0.2) is 0 Å². The predicted molar refractivity (Wildman–Crippen MR) is 77.0 cm³/mol. The molecule has 1 aromatic carbocycles. The number of hydrogen-bond acceptors (Lipinski definition) is 3. The maximum absolute atomic E-state index is 9.94. The predicted octanol–water partition coefficient (Wildman–Crippen LogP) is 2.95. The molecule has 1 aromatic heterocycles. The van der Waals surface area contributed by atoms with Crippen LogP contribution in [0.2, 0.25) is 0 Å². The zero-order valence-electron chi connectivity index (χ0n) is 11.5. The van der Waals surface area contributed by atoms with Gasteiger partial charge in [0.1, 0.15) is 5.75 Å². The molecule has 0 aliphatic carbocycles. The Balaban J connectivity index is 1.98. The van der Waals surface area contributed by atoms with Crippen molar-refractivity contribution in [3.63, 3.8) is 0 Å². The van der Waals surface area contributed by atoms with Crippen molar-refractivity contribution in [1.82, 2.24) is 10.3 Å². The third-order valence-electron chi connectivity index (χ3n) is 3.29. The number of para-hydroxylation sites is 1. The van der Waals surface area contributed by atoms with Crippen LogP contribution in [0.3, 0.4) is 0 Å². The zero-order chi connectivity index (χ0) is 13.7. The molecular formula is C16H20N2O. The fourth-order valence-electron chi connectivity index (χ4n) is 2.13. The number of nitrogens with zero attached hydrogens (tertiary/aromatic N) is 1. The Bertz CT molecular complexity index is 552. The van der Waals surface area contributed by atoms with E-state index >= 15 is 0 Å². The van der Waals surface area contributed by atoms with Crippen LogP contribution in [0.1, 0.15) is 29.3 Å². The average Bonchev–Trinajstić information content (AvgIpc) is 2.44. The van der Waals surface area contributed by atoms with Crippen molar-refractivity contribution < 1.29 is 5.11 Å².